The Morgan fingerprint density at radius 1 is 0.618 bits per heavy atom. The number of rotatable bonds is 28. The molecular formula is C37H65N5O13. The molecule has 0 fully saturated rings. The summed E-state index contributed by atoms with van der Waals surface area (Å²) in [6.45, 7) is 16.1. The predicted molar refractivity (Wildman–Crippen MR) is 201 cm³/mol. The highest BCUT2D eigenvalue weighted by Crippen LogP contribution is 2.19. The van der Waals surface area contributed by atoms with Crippen LogP contribution in [0.4, 0.5) is 9.59 Å². The molecule has 55 heavy (non-hydrogen) atoms. The summed E-state index contributed by atoms with van der Waals surface area (Å²) < 4.78 is 39.1. The van der Waals surface area contributed by atoms with Crippen LogP contribution in [0.1, 0.15) is 81.1 Å². The average molecular weight is 788 g/mol. The SMILES string of the molecule is COC(C)(C)COC(C)(C)CCNC(=O)OCC(COC(=O)NCCC(C)(C)OCC(C)(C)OC)OCCC(=O)NCCNC(=O)CCN1C(=O)C=CC1=O. The van der Waals surface area contributed by atoms with Crippen molar-refractivity contribution in [3.05, 3.63) is 12.2 Å². The van der Waals surface area contributed by atoms with Crippen LogP contribution in [0.15, 0.2) is 12.2 Å². The predicted octanol–water partition coefficient (Wildman–Crippen LogP) is 1.98. The van der Waals surface area contributed by atoms with Gasteiger partial charge in [0.1, 0.15) is 19.3 Å². The second-order valence-corrected chi connectivity index (χ2v) is 15.4. The quantitative estimate of drug-likeness (QED) is 0.0660. The standard InChI is InChI=1S/C37H65N5O13/c1-34(2,54-25-36(5,6)49-9)15-17-40-32(47)52-23-27(24-53-33(48)41-18-16-35(3,4)55-26-37(7,8)50-10)51-22-14-29(44)39-20-19-38-28(43)13-21-42-30(45)11-12-31(42)46/h11-12,27H,13-26H2,1-10H3,(H,38,43)(H,39,44)(H,40,47)(H,41,48). The zero-order valence-corrected chi connectivity index (χ0v) is 34.4. The summed E-state index contributed by atoms with van der Waals surface area (Å²) in [5, 5.41) is 10.6. The molecule has 18 heteroatoms. The maximum atomic E-state index is 12.5. The highest BCUT2D eigenvalue weighted by molar-refractivity contribution is 6.13. The van der Waals surface area contributed by atoms with E-state index in [1.54, 1.807) is 14.2 Å². The first-order valence-electron chi connectivity index (χ1n) is 18.5. The lowest BCUT2D eigenvalue weighted by molar-refractivity contribution is -0.137. The van der Waals surface area contributed by atoms with E-state index in [0.29, 0.717) is 26.1 Å². The number of ether oxygens (including phenoxy) is 7. The fourth-order valence-electron chi connectivity index (χ4n) is 4.28. The molecule has 0 saturated heterocycles. The third-order valence-electron chi connectivity index (χ3n) is 8.43. The zero-order chi connectivity index (χ0) is 41.7. The summed E-state index contributed by atoms with van der Waals surface area (Å²) in [5.41, 5.74) is -2.00. The first-order chi connectivity index (χ1) is 25.6. The summed E-state index contributed by atoms with van der Waals surface area (Å²) in [5.74, 6) is -1.69. The van der Waals surface area contributed by atoms with E-state index in [0.717, 1.165) is 17.1 Å². The maximum absolute atomic E-state index is 12.5. The van der Waals surface area contributed by atoms with Crippen LogP contribution in [0.2, 0.25) is 0 Å². The van der Waals surface area contributed by atoms with Gasteiger partial charge in [0.05, 0.1) is 42.2 Å². The Hall–Kier alpha value is -3.84. The number of methoxy groups -OCH3 is 2. The van der Waals surface area contributed by atoms with Gasteiger partial charge in [0.25, 0.3) is 11.8 Å². The molecule has 1 heterocycles. The van der Waals surface area contributed by atoms with Gasteiger partial charge in [0, 0.05) is 71.9 Å². The van der Waals surface area contributed by atoms with Crippen LogP contribution < -0.4 is 21.3 Å². The molecule has 18 nitrogen and oxygen atoms in total. The molecule has 1 aliphatic rings. The summed E-state index contributed by atoms with van der Waals surface area (Å²) in [6.07, 6.45) is 0.838. The van der Waals surface area contributed by atoms with E-state index in [1.807, 2.05) is 55.4 Å². The first kappa shape index (κ1) is 49.2. The molecule has 0 aromatic carbocycles. The fourth-order valence-corrected chi connectivity index (χ4v) is 4.28. The Bertz CT molecular complexity index is 1210. The van der Waals surface area contributed by atoms with Gasteiger partial charge in [-0.2, -0.15) is 0 Å². The van der Waals surface area contributed by atoms with Crippen molar-refractivity contribution in [3.8, 4) is 0 Å². The molecule has 4 N–H and O–H groups in total. The van der Waals surface area contributed by atoms with Crippen molar-refractivity contribution in [2.75, 3.05) is 80.0 Å². The molecule has 0 bridgehead atoms. The second kappa shape index (κ2) is 23.9. The van der Waals surface area contributed by atoms with Crippen molar-refractivity contribution in [1.82, 2.24) is 26.2 Å². The molecule has 0 unspecified atom stereocenters. The maximum Gasteiger partial charge on any atom is 0.407 e. The lowest BCUT2D eigenvalue weighted by atomic mass is 10.0. The number of hydrogen-bond donors (Lipinski definition) is 4. The number of amides is 6. The van der Waals surface area contributed by atoms with E-state index in [4.69, 9.17) is 33.2 Å². The van der Waals surface area contributed by atoms with Gasteiger partial charge in [0.15, 0.2) is 0 Å². The van der Waals surface area contributed by atoms with Crippen LogP contribution >= 0.6 is 0 Å². The summed E-state index contributed by atoms with van der Waals surface area (Å²) in [6, 6.07) is 0. The van der Waals surface area contributed by atoms with E-state index in [9.17, 15) is 28.8 Å². The Morgan fingerprint density at radius 2 is 1.04 bits per heavy atom. The number of imide groups is 1. The van der Waals surface area contributed by atoms with Gasteiger partial charge in [-0.15, -0.1) is 0 Å². The van der Waals surface area contributed by atoms with Crippen LogP contribution in [0.5, 0.6) is 0 Å². The number of carbonyl (C=O) groups is 6. The molecule has 6 amide bonds. The highest BCUT2D eigenvalue weighted by atomic mass is 16.6. The third kappa shape index (κ3) is 23.0. The Labute approximate surface area is 325 Å². The molecule has 0 saturated carbocycles. The van der Waals surface area contributed by atoms with E-state index in [2.05, 4.69) is 21.3 Å². The van der Waals surface area contributed by atoms with E-state index in [1.165, 1.54) is 0 Å². The molecule has 1 aliphatic heterocycles. The molecule has 0 aliphatic carbocycles. The van der Waals surface area contributed by atoms with Crippen molar-refractivity contribution in [1.29, 1.82) is 0 Å². The van der Waals surface area contributed by atoms with Crippen LogP contribution in [0.3, 0.4) is 0 Å². The van der Waals surface area contributed by atoms with Gasteiger partial charge >= 0.3 is 12.2 Å². The van der Waals surface area contributed by atoms with Gasteiger partial charge in [-0.3, -0.25) is 24.1 Å². The zero-order valence-electron chi connectivity index (χ0n) is 34.4. The Balaban J connectivity index is 2.55. The molecule has 1 rings (SSSR count). The van der Waals surface area contributed by atoms with E-state index < -0.39 is 52.5 Å². The molecule has 0 aromatic rings. The fraction of sp³-hybridized carbons (Fsp3) is 0.784. The minimum Gasteiger partial charge on any atom is -0.447 e. The highest BCUT2D eigenvalue weighted by Gasteiger charge is 2.27. The number of alkyl carbamates (subject to hydrolysis) is 2. The van der Waals surface area contributed by atoms with Gasteiger partial charge in [-0.05, 0) is 68.2 Å². The summed E-state index contributed by atoms with van der Waals surface area (Å²) >= 11 is 0. The van der Waals surface area contributed by atoms with Crippen LogP contribution in [-0.4, -0.2) is 149 Å². The molecule has 0 spiro atoms. The van der Waals surface area contributed by atoms with E-state index in [-0.39, 0.29) is 77.2 Å². The van der Waals surface area contributed by atoms with Gasteiger partial charge in [-0.1, -0.05) is 0 Å². The minimum absolute atomic E-state index is 0.0414. The third-order valence-corrected chi connectivity index (χ3v) is 8.43. The molecule has 316 valence electrons. The minimum atomic E-state index is -0.889. The molecule has 0 radical (unpaired) electrons. The number of carbonyl (C=O) groups excluding carboxylic acids is 6. The molecule has 0 atom stereocenters. The monoisotopic (exact) mass is 787 g/mol. The van der Waals surface area contributed by atoms with Gasteiger partial charge in [0.2, 0.25) is 11.8 Å². The average Bonchev–Trinajstić information content (AvgIpc) is 3.44. The van der Waals surface area contributed by atoms with Crippen LogP contribution in [0.25, 0.3) is 0 Å². The molecular weight excluding hydrogens is 722 g/mol. The number of nitrogens with one attached hydrogen (secondary N) is 4. The number of nitrogens with zero attached hydrogens (tertiary/aromatic N) is 1. The van der Waals surface area contributed by atoms with Crippen molar-refractivity contribution >= 4 is 35.8 Å². The van der Waals surface area contributed by atoms with Crippen molar-refractivity contribution < 1.29 is 61.9 Å². The summed E-state index contributed by atoms with van der Waals surface area (Å²) in [4.78, 5) is 73.6. The van der Waals surface area contributed by atoms with Gasteiger partial charge < -0.3 is 54.4 Å². The van der Waals surface area contributed by atoms with Crippen molar-refractivity contribution in [2.24, 2.45) is 0 Å². The topological polar surface area (TPSA) is 218 Å². The first-order valence-corrected chi connectivity index (χ1v) is 18.5. The van der Waals surface area contributed by atoms with Crippen molar-refractivity contribution in [2.45, 2.75) is 110 Å². The van der Waals surface area contributed by atoms with Crippen LogP contribution in [0, 0.1) is 0 Å². The lowest BCUT2D eigenvalue weighted by Crippen LogP contribution is -2.39. The normalized spacial score (nSPS) is 13.6. The van der Waals surface area contributed by atoms with Crippen LogP contribution in [-0.2, 0) is 52.3 Å². The summed E-state index contributed by atoms with van der Waals surface area (Å²) in [7, 11) is 3.22. The van der Waals surface area contributed by atoms with Crippen molar-refractivity contribution in [3.63, 3.8) is 0 Å². The smallest absolute Gasteiger partial charge is 0.407 e. The Kier molecular flexibility index (Phi) is 21.4. The van der Waals surface area contributed by atoms with E-state index >= 15 is 0 Å². The van der Waals surface area contributed by atoms with Gasteiger partial charge in [-0.25, -0.2) is 9.59 Å². The second-order valence-electron chi connectivity index (χ2n) is 15.4. The largest absolute Gasteiger partial charge is 0.447 e. The Morgan fingerprint density at radius 3 is 1.45 bits per heavy atom. The number of hydrogen-bond acceptors (Lipinski definition) is 13. The molecule has 0 aromatic heterocycles. The lowest BCUT2D eigenvalue weighted by Gasteiger charge is -2.31.